The van der Waals surface area contributed by atoms with Gasteiger partial charge >= 0.3 is 0 Å². The van der Waals surface area contributed by atoms with Gasteiger partial charge in [0, 0.05) is 11.1 Å². The first-order chi connectivity index (χ1) is 8.47. The zero-order valence-corrected chi connectivity index (χ0v) is 11.8. The topological polar surface area (TPSA) is 59.8 Å². The van der Waals surface area contributed by atoms with Crippen LogP contribution in [0.25, 0.3) is 0 Å². The van der Waals surface area contributed by atoms with E-state index in [1.165, 1.54) is 22.2 Å². The van der Waals surface area contributed by atoms with Gasteiger partial charge in [-0.15, -0.1) is 11.3 Å². The van der Waals surface area contributed by atoms with Gasteiger partial charge < -0.3 is 5.32 Å². The zero-order chi connectivity index (χ0) is 13.3. The van der Waals surface area contributed by atoms with Crippen LogP contribution in [0.1, 0.15) is 23.5 Å². The molecular weight excluding hydrogens is 272 g/mol. The van der Waals surface area contributed by atoms with Gasteiger partial charge in [-0.25, -0.2) is 4.98 Å². The minimum Gasteiger partial charge on any atom is -0.300 e. The summed E-state index contributed by atoms with van der Waals surface area (Å²) in [5, 5.41) is 7.90. The molecule has 5 nitrogen and oxygen atoms in total. The highest BCUT2D eigenvalue weighted by Crippen LogP contribution is 2.22. The number of thiazole rings is 1. The highest BCUT2D eigenvalue weighted by Gasteiger charge is 2.17. The molecule has 0 radical (unpaired) electrons. The predicted molar refractivity (Wildman–Crippen MR) is 72.2 cm³/mol. The largest absolute Gasteiger partial charge is 0.300 e. The summed E-state index contributed by atoms with van der Waals surface area (Å²) in [5.74, 6) is -0.163. The molecule has 1 amide bonds. The Bertz CT molecular complexity index is 558. The summed E-state index contributed by atoms with van der Waals surface area (Å²) in [4.78, 5) is 17.4. The summed E-state index contributed by atoms with van der Waals surface area (Å²) in [6, 6.07) is -0.429. The second kappa shape index (κ2) is 5.07. The first-order valence-corrected chi connectivity index (χ1v) is 6.61. The Hall–Kier alpha value is -1.40. The Morgan fingerprint density at radius 1 is 1.56 bits per heavy atom. The van der Waals surface area contributed by atoms with Crippen molar-refractivity contribution in [3.05, 3.63) is 28.0 Å². The number of halogens is 1. The van der Waals surface area contributed by atoms with Crippen molar-refractivity contribution in [3.63, 3.8) is 0 Å². The fourth-order valence-electron chi connectivity index (χ4n) is 1.38. The molecule has 96 valence electrons. The number of amides is 1. The van der Waals surface area contributed by atoms with E-state index in [1.807, 2.05) is 13.8 Å². The molecule has 2 aromatic rings. The van der Waals surface area contributed by atoms with Gasteiger partial charge in [0.05, 0.1) is 16.9 Å². The number of carbonyl (C=O) groups excluding carboxylic acids is 1. The third kappa shape index (κ3) is 2.70. The molecule has 0 bridgehead atoms. The van der Waals surface area contributed by atoms with E-state index in [0.717, 1.165) is 10.6 Å². The zero-order valence-electron chi connectivity index (χ0n) is 10.3. The molecule has 1 unspecified atom stereocenters. The van der Waals surface area contributed by atoms with Crippen LogP contribution in [0.2, 0.25) is 5.02 Å². The average Bonchev–Trinajstić information content (AvgIpc) is 2.85. The molecule has 0 aliphatic rings. The van der Waals surface area contributed by atoms with E-state index >= 15 is 0 Å². The first-order valence-electron chi connectivity index (χ1n) is 5.42. The van der Waals surface area contributed by atoms with E-state index in [9.17, 15) is 4.79 Å². The van der Waals surface area contributed by atoms with Crippen molar-refractivity contribution in [2.24, 2.45) is 0 Å². The Labute approximate surface area is 114 Å². The summed E-state index contributed by atoms with van der Waals surface area (Å²) in [6.07, 6.45) is 3.12. The minimum atomic E-state index is -0.429. The van der Waals surface area contributed by atoms with Crippen molar-refractivity contribution in [2.45, 2.75) is 26.8 Å². The van der Waals surface area contributed by atoms with E-state index in [-0.39, 0.29) is 5.91 Å². The molecule has 0 fully saturated rings. The second-order valence-electron chi connectivity index (χ2n) is 3.96. The van der Waals surface area contributed by atoms with Gasteiger partial charge in [-0.3, -0.25) is 9.48 Å². The van der Waals surface area contributed by atoms with Crippen LogP contribution in [-0.4, -0.2) is 20.7 Å². The van der Waals surface area contributed by atoms with E-state index in [4.69, 9.17) is 11.6 Å². The molecule has 0 aliphatic carbocycles. The van der Waals surface area contributed by atoms with Crippen molar-refractivity contribution < 1.29 is 4.79 Å². The number of rotatable bonds is 3. The molecule has 0 spiro atoms. The lowest BCUT2D eigenvalue weighted by Crippen LogP contribution is -2.23. The predicted octanol–water partition coefficient (Wildman–Crippen LogP) is 2.81. The molecule has 0 aromatic carbocycles. The lowest BCUT2D eigenvalue weighted by Gasteiger charge is -2.10. The highest BCUT2D eigenvalue weighted by atomic mass is 35.5. The van der Waals surface area contributed by atoms with Crippen LogP contribution >= 0.6 is 22.9 Å². The third-order valence-corrected chi connectivity index (χ3v) is 3.79. The maximum Gasteiger partial charge on any atom is 0.250 e. The lowest BCUT2D eigenvalue weighted by molar-refractivity contribution is -0.119. The molecule has 2 aromatic heterocycles. The fourth-order valence-corrected chi connectivity index (χ4v) is 2.34. The molecule has 0 saturated carbocycles. The molecule has 2 heterocycles. The van der Waals surface area contributed by atoms with Crippen LogP contribution in [0.5, 0.6) is 0 Å². The van der Waals surface area contributed by atoms with Crippen LogP contribution in [0, 0.1) is 13.8 Å². The SMILES string of the molecule is Cc1nc(NC(=O)C(C)n2cc(Cl)cn2)sc1C. The van der Waals surface area contributed by atoms with Crippen LogP contribution in [-0.2, 0) is 4.79 Å². The number of nitrogens with zero attached hydrogens (tertiary/aromatic N) is 3. The number of aryl methyl sites for hydroxylation is 2. The number of carbonyl (C=O) groups is 1. The summed E-state index contributed by atoms with van der Waals surface area (Å²) < 4.78 is 1.52. The number of anilines is 1. The Morgan fingerprint density at radius 3 is 2.78 bits per heavy atom. The minimum absolute atomic E-state index is 0.163. The van der Waals surface area contributed by atoms with Gasteiger partial charge in [-0.1, -0.05) is 11.6 Å². The quantitative estimate of drug-likeness (QED) is 0.943. The molecule has 0 aliphatic heterocycles. The van der Waals surface area contributed by atoms with Gasteiger partial charge in [0.15, 0.2) is 5.13 Å². The first kappa shape index (κ1) is 13.0. The van der Waals surface area contributed by atoms with Crippen molar-refractivity contribution >= 4 is 34.0 Å². The van der Waals surface area contributed by atoms with Crippen LogP contribution < -0.4 is 5.32 Å². The fraction of sp³-hybridized carbons (Fsp3) is 0.364. The number of hydrogen-bond acceptors (Lipinski definition) is 4. The smallest absolute Gasteiger partial charge is 0.250 e. The normalized spacial score (nSPS) is 12.4. The molecule has 2 rings (SSSR count). The van der Waals surface area contributed by atoms with Gasteiger partial charge in [0.1, 0.15) is 6.04 Å². The van der Waals surface area contributed by atoms with E-state index in [2.05, 4.69) is 15.4 Å². The molecular formula is C11H13ClN4OS. The van der Waals surface area contributed by atoms with Crippen molar-refractivity contribution in [3.8, 4) is 0 Å². The van der Waals surface area contributed by atoms with Crippen molar-refractivity contribution in [2.75, 3.05) is 5.32 Å². The lowest BCUT2D eigenvalue weighted by atomic mass is 10.3. The van der Waals surface area contributed by atoms with Crippen LogP contribution in [0.4, 0.5) is 5.13 Å². The average molecular weight is 285 g/mol. The van der Waals surface area contributed by atoms with Gasteiger partial charge in [-0.05, 0) is 20.8 Å². The third-order valence-electron chi connectivity index (χ3n) is 2.60. The van der Waals surface area contributed by atoms with Gasteiger partial charge in [0.25, 0.3) is 5.91 Å². The summed E-state index contributed by atoms with van der Waals surface area (Å²) >= 11 is 7.23. The number of hydrogen-bond donors (Lipinski definition) is 1. The molecule has 1 atom stereocenters. The summed E-state index contributed by atoms with van der Waals surface area (Å²) in [7, 11) is 0. The Balaban J connectivity index is 2.08. The molecule has 0 saturated heterocycles. The summed E-state index contributed by atoms with van der Waals surface area (Å²) in [5.41, 5.74) is 0.935. The number of nitrogens with one attached hydrogen (secondary N) is 1. The van der Waals surface area contributed by atoms with Gasteiger partial charge in [0.2, 0.25) is 0 Å². The van der Waals surface area contributed by atoms with Crippen molar-refractivity contribution in [1.82, 2.24) is 14.8 Å². The molecule has 7 heteroatoms. The standard InChI is InChI=1S/C11H13ClN4OS/c1-6-8(3)18-11(14-6)15-10(17)7(2)16-5-9(12)4-13-16/h4-5,7H,1-3H3,(H,14,15,17). The second-order valence-corrected chi connectivity index (χ2v) is 5.60. The van der Waals surface area contributed by atoms with Crippen molar-refractivity contribution in [1.29, 1.82) is 0 Å². The monoisotopic (exact) mass is 284 g/mol. The van der Waals surface area contributed by atoms with Crippen LogP contribution in [0.15, 0.2) is 12.4 Å². The highest BCUT2D eigenvalue weighted by molar-refractivity contribution is 7.15. The van der Waals surface area contributed by atoms with Gasteiger partial charge in [-0.2, -0.15) is 5.10 Å². The Kier molecular flexibility index (Phi) is 3.68. The molecule has 18 heavy (non-hydrogen) atoms. The Morgan fingerprint density at radius 2 is 2.28 bits per heavy atom. The maximum atomic E-state index is 12.0. The number of aromatic nitrogens is 3. The maximum absolute atomic E-state index is 12.0. The van der Waals surface area contributed by atoms with E-state index in [0.29, 0.717) is 10.2 Å². The molecule has 1 N–H and O–H groups in total. The summed E-state index contributed by atoms with van der Waals surface area (Å²) in [6.45, 7) is 5.64. The van der Waals surface area contributed by atoms with E-state index < -0.39 is 6.04 Å². The van der Waals surface area contributed by atoms with Crippen LogP contribution in [0.3, 0.4) is 0 Å². The van der Waals surface area contributed by atoms with E-state index in [1.54, 1.807) is 13.1 Å².